The fraction of sp³-hybridized carbons (Fsp3) is 0.667. The zero-order chi connectivity index (χ0) is 19.1. The molecule has 0 aromatic carbocycles. The summed E-state index contributed by atoms with van der Waals surface area (Å²) < 4.78 is 0. The molecule has 2 saturated heterocycles. The van der Waals surface area contributed by atoms with Gasteiger partial charge in [-0.05, 0) is 44.8 Å². The minimum atomic E-state index is -0.766. The first-order valence-electron chi connectivity index (χ1n) is 9.12. The maximum Gasteiger partial charge on any atom is 0.311 e. The zero-order valence-corrected chi connectivity index (χ0v) is 15.6. The van der Waals surface area contributed by atoms with Crippen LogP contribution in [0.25, 0.3) is 0 Å². The number of carboxylic acids is 1. The smallest absolute Gasteiger partial charge is 0.311 e. The molecule has 0 radical (unpaired) electrons. The standard InChI is InChI=1S/C18H27N5O3/c1-11(2)12-9-13(21-17(19)20-12)15(24)23-8-6-18(16(25)26)5-4-7-22(3)14(18)10-23/h9,11,14H,4-8,10H2,1-3H3,(H,25,26)(H2,19,20,21)/t14-,18+/m1/s1. The number of carboxylic acid groups (broad SMARTS) is 1. The largest absolute Gasteiger partial charge is 0.481 e. The molecule has 2 aliphatic rings. The number of fused-ring (bicyclic) bond motifs is 1. The number of carbonyl (C=O) groups excluding carboxylic acids is 1. The summed E-state index contributed by atoms with van der Waals surface area (Å²) in [5.74, 6) is -0.739. The summed E-state index contributed by atoms with van der Waals surface area (Å²) >= 11 is 0. The van der Waals surface area contributed by atoms with Crippen LogP contribution >= 0.6 is 0 Å². The highest BCUT2D eigenvalue weighted by atomic mass is 16.4. The van der Waals surface area contributed by atoms with Gasteiger partial charge in [0.05, 0.1) is 5.41 Å². The number of aromatic nitrogens is 2. The van der Waals surface area contributed by atoms with Gasteiger partial charge in [-0.15, -0.1) is 0 Å². The molecule has 2 fully saturated rings. The van der Waals surface area contributed by atoms with E-state index < -0.39 is 11.4 Å². The lowest BCUT2D eigenvalue weighted by Gasteiger charge is -2.51. The number of piperidine rings is 2. The first-order chi connectivity index (χ1) is 12.2. The molecule has 1 aromatic rings. The quantitative estimate of drug-likeness (QED) is 0.831. The molecule has 0 aliphatic carbocycles. The number of hydrogen-bond acceptors (Lipinski definition) is 6. The summed E-state index contributed by atoms with van der Waals surface area (Å²) in [6.45, 7) is 5.61. The molecule has 0 bridgehead atoms. The Balaban J connectivity index is 1.86. The number of rotatable bonds is 3. The molecule has 2 aliphatic heterocycles. The van der Waals surface area contributed by atoms with Crippen LogP contribution < -0.4 is 5.73 Å². The Morgan fingerprint density at radius 1 is 1.31 bits per heavy atom. The summed E-state index contributed by atoms with van der Waals surface area (Å²) in [6, 6.07) is 1.50. The van der Waals surface area contributed by atoms with Crippen molar-refractivity contribution in [2.75, 3.05) is 32.4 Å². The van der Waals surface area contributed by atoms with Crippen LogP contribution in [0.3, 0.4) is 0 Å². The van der Waals surface area contributed by atoms with Crippen LogP contribution in [-0.4, -0.2) is 69.5 Å². The van der Waals surface area contributed by atoms with Gasteiger partial charge in [0.15, 0.2) is 0 Å². The van der Waals surface area contributed by atoms with Gasteiger partial charge >= 0.3 is 5.97 Å². The van der Waals surface area contributed by atoms with Crippen molar-refractivity contribution in [3.63, 3.8) is 0 Å². The van der Waals surface area contributed by atoms with Crippen molar-refractivity contribution in [2.45, 2.75) is 45.1 Å². The van der Waals surface area contributed by atoms with Crippen LogP contribution in [0.2, 0.25) is 0 Å². The van der Waals surface area contributed by atoms with Gasteiger partial charge in [-0.3, -0.25) is 9.59 Å². The van der Waals surface area contributed by atoms with Crippen molar-refractivity contribution >= 4 is 17.8 Å². The topological polar surface area (TPSA) is 113 Å². The average molecular weight is 361 g/mol. The molecule has 8 heteroatoms. The lowest BCUT2D eigenvalue weighted by Crippen LogP contribution is -2.63. The number of anilines is 1. The van der Waals surface area contributed by atoms with Gasteiger partial charge in [-0.1, -0.05) is 13.8 Å². The molecule has 1 amide bonds. The third-order valence-corrected chi connectivity index (χ3v) is 5.81. The van der Waals surface area contributed by atoms with Crippen molar-refractivity contribution in [2.24, 2.45) is 5.41 Å². The Kier molecular flexibility index (Phi) is 4.88. The first-order valence-corrected chi connectivity index (χ1v) is 9.12. The fourth-order valence-electron chi connectivity index (χ4n) is 4.22. The first kappa shape index (κ1) is 18.6. The summed E-state index contributed by atoms with van der Waals surface area (Å²) in [5.41, 5.74) is 6.02. The third-order valence-electron chi connectivity index (χ3n) is 5.81. The van der Waals surface area contributed by atoms with Crippen LogP contribution in [0.1, 0.15) is 55.2 Å². The summed E-state index contributed by atoms with van der Waals surface area (Å²) in [4.78, 5) is 37.1. The molecule has 142 valence electrons. The lowest BCUT2D eigenvalue weighted by atomic mass is 9.68. The van der Waals surface area contributed by atoms with Gasteiger partial charge in [0.1, 0.15) is 5.69 Å². The van der Waals surface area contributed by atoms with Gasteiger partial charge in [0.2, 0.25) is 5.95 Å². The van der Waals surface area contributed by atoms with E-state index in [1.165, 1.54) is 0 Å². The van der Waals surface area contributed by atoms with Crippen LogP contribution in [0.5, 0.6) is 0 Å². The molecule has 2 atom stereocenters. The summed E-state index contributed by atoms with van der Waals surface area (Å²) in [5, 5.41) is 9.85. The van der Waals surface area contributed by atoms with E-state index in [2.05, 4.69) is 14.9 Å². The van der Waals surface area contributed by atoms with Gasteiger partial charge in [0.25, 0.3) is 5.91 Å². The molecule has 0 spiro atoms. The Hall–Kier alpha value is -2.22. The maximum atomic E-state index is 13.0. The van der Waals surface area contributed by atoms with E-state index in [0.29, 0.717) is 25.9 Å². The van der Waals surface area contributed by atoms with Crippen molar-refractivity contribution in [3.05, 3.63) is 17.5 Å². The Morgan fingerprint density at radius 2 is 2.04 bits per heavy atom. The van der Waals surface area contributed by atoms with Crippen molar-refractivity contribution in [3.8, 4) is 0 Å². The predicted molar refractivity (Wildman–Crippen MR) is 96.8 cm³/mol. The van der Waals surface area contributed by atoms with E-state index in [9.17, 15) is 14.7 Å². The number of likely N-dealkylation sites (N-methyl/N-ethyl adjacent to an activating group) is 1. The van der Waals surface area contributed by atoms with Gasteiger partial charge < -0.3 is 20.6 Å². The summed E-state index contributed by atoms with van der Waals surface area (Å²) in [6.07, 6.45) is 1.99. The van der Waals surface area contributed by atoms with Crippen molar-refractivity contribution in [1.82, 2.24) is 19.8 Å². The minimum Gasteiger partial charge on any atom is -0.481 e. The molecule has 26 heavy (non-hydrogen) atoms. The highest BCUT2D eigenvalue weighted by Crippen LogP contribution is 2.42. The monoisotopic (exact) mass is 361 g/mol. The molecule has 3 heterocycles. The van der Waals surface area contributed by atoms with E-state index in [4.69, 9.17) is 5.73 Å². The number of nitrogen functional groups attached to an aromatic ring is 1. The molecule has 3 rings (SSSR count). The second-order valence-electron chi connectivity index (χ2n) is 7.75. The zero-order valence-electron chi connectivity index (χ0n) is 15.6. The van der Waals surface area contributed by atoms with Gasteiger partial charge in [-0.2, -0.15) is 0 Å². The molecule has 8 nitrogen and oxygen atoms in total. The van der Waals surface area contributed by atoms with E-state index in [1.807, 2.05) is 20.9 Å². The number of hydrogen-bond donors (Lipinski definition) is 2. The van der Waals surface area contributed by atoms with Crippen LogP contribution in [-0.2, 0) is 4.79 Å². The van der Waals surface area contributed by atoms with E-state index in [-0.39, 0.29) is 29.5 Å². The van der Waals surface area contributed by atoms with E-state index in [1.54, 1.807) is 11.0 Å². The second kappa shape index (κ2) is 6.83. The normalized spacial score (nSPS) is 26.6. The molecular weight excluding hydrogens is 334 g/mol. The van der Waals surface area contributed by atoms with Crippen LogP contribution in [0.15, 0.2) is 6.07 Å². The molecule has 3 N–H and O–H groups in total. The average Bonchev–Trinajstić information content (AvgIpc) is 2.60. The molecule has 1 aromatic heterocycles. The van der Waals surface area contributed by atoms with Crippen LogP contribution in [0, 0.1) is 5.41 Å². The Labute approximate surface area is 153 Å². The van der Waals surface area contributed by atoms with Gasteiger partial charge in [-0.25, -0.2) is 9.97 Å². The SMILES string of the molecule is CC(C)c1cc(C(=O)N2CC[C@@]3(C(=O)O)CCCN(C)[C@@H]3C2)nc(N)n1. The number of aliphatic carboxylic acids is 1. The highest BCUT2D eigenvalue weighted by Gasteiger charge is 2.52. The third kappa shape index (κ3) is 3.13. The Bertz CT molecular complexity index is 723. The van der Waals surface area contributed by atoms with Gasteiger partial charge in [0, 0.05) is 24.8 Å². The molecular formula is C18H27N5O3. The fourth-order valence-corrected chi connectivity index (χ4v) is 4.22. The predicted octanol–water partition coefficient (Wildman–Crippen LogP) is 1.19. The Morgan fingerprint density at radius 3 is 2.69 bits per heavy atom. The van der Waals surface area contributed by atoms with E-state index >= 15 is 0 Å². The minimum absolute atomic E-state index is 0.0891. The molecule has 0 unspecified atom stereocenters. The van der Waals surface area contributed by atoms with Crippen LogP contribution in [0.4, 0.5) is 5.95 Å². The molecule has 0 saturated carbocycles. The van der Waals surface area contributed by atoms with E-state index in [0.717, 1.165) is 18.7 Å². The summed E-state index contributed by atoms with van der Waals surface area (Å²) in [7, 11) is 1.94. The number of likely N-dealkylation sites (tertiary alicyclic amines) is 2. The number of nitrogens with two attached hydrogens (primary N) is 1. The maximum absolute atomic E-state index is 13.0. The van der Waals surface area contributed by atoms with Crippen molar-refractivity contribution < 1.29 is 14.7 Å². The number of amides is 1. The number of carbonyl (C=O) groups is 2. The second-order valence-corrected chi connectivity index (χ2v) is 7.75. The number of nitrogens with zero attached hydrogens (tertiary/aromatic N) is 4. The lowest BCUT2D eigenvalue weighted by molar-refractivity contribution is -0.161. The van der Waals surface area contributed by atoms with Crippen molar-refractivity contribution in [1.29, 1.82) is 0 Å². The highest BCUT2D eigenvalue weighted by molar-refractivity contribution is 5.93.